The number of hydrogen-bond acceptors (Lipinski definition) is 4. The van der Waals surface area contributed by atoms with Gasteiger partial charge >= 0.3 is 0 Å². The van der Waals surface area contributed by atoms with Crippen molar-refractivity contribution in [1.29, 1.82) is 0 Å². The third-order valence-electron chi connectivity index (χ3n) is 4.50. The normalized spacial score (nSPS) is 11.7. The van der Waals surface area contributed by atoms with Crippen LogP contribution in [0.4, 0.5) is 5.69 Å². The summed E-state index contributed by atoms with van der Waals surface area (Å²) in [5.41, 5.74) is 4.20. The van der Waals surface area contributed by atoms with Crippen molar-refractivity contribution in [3.05, 3.63) is 108 Å². The Bertz CT molecular complexity index is 1270. The van der Waals surface area contributed by atoms with Gasteiger partial charge in [-0.1, -0.05) is 90.2 Å². The molecule has 0 N–H and O–H groups in total. The average molecular weight is 395 g/mol. The van der Waals surface area contributed by atoms with E-state index >= 15 is 0 Å². The number of rotatable bonds is 4. The summed E-state index contributed by atoms with van der Waals surface area (Å²) in [6.07, 6.45) is 3.38. The van der Waals surface area contributed by atoms with Crippen LogP contribution in [0.2, 0.25) is 0 Å². The van der Waals surface area contributed by atoms with E-state index in [1.54, 1.807) is 24.0 Å². The molecule has 6 heteroatoms. The van der Waals surface area contributed by atoms with E-state index in [1.165, 1.54) is 0 Å². The lowest BCUT2D eigenvalue weighted by Gasteiger charge is -2.11. The molecule has 0 amide bonds. The Balaban J connectivity index is 1.87. The first kappa shape index (κ1) is 17.3. The lowest BCUT2D eigenvalue weighted by atomic mass is 10.1. The van der Waals surface area contributed by atoms with Crippen LogP contribution < -0.4 is 4.80 Å². The second-order valence-electron chi connectivity index (χ2n) is 6.40. The summed E-state index contributed by atoms with van der Waals surface area (Å²) >= 11 is 1.65. The van der Waals surface area contributed by atoms with Gasteiger partial charge in [0.05, 0.1) is 16.3 Å². The quantitative estimate of drug-likeness (QED) is 0.429. The van der Waals surface area contributed by atoms with E-state index in [2.05, 4.69) is 51.3 Å². The molecule has 0 radical (unpaired) electrons. The molecule has 0 aliphatic heterocycles. The molecule has 2 aromatic heterocycles. The lowest BCUT2D eigenvalue weighted by Crippen LogP contribution is -2.21. The Morgan fingerprint density at radius 2 is 1.21 bits per heavy atom. The summed E-state index contributed by atoms with van der Waals surface area (Å²) in [5, 5.41) is 8.04. The Hall–Kier alpha value is -3.77. The summed E-state index contributed by atoms with van der Waals surface area (Å²) in [5.74, 6) is 0. The largest absolute Gasteiger partial charge is 0.221 e. The van der Waals surface area contributed by atoms with Gasteiger partial charge < -0.3 is 0 Å². The van der Waals surface area contributed by atoms with E-state index in [9.17, 15) is 0 Å². The number of thiazole rings is 1. The van der Waals surface area contributed by atoms with Gasteiger partial charge in [0.2, 0.25) is 4.80 Å². The van der Waals surface area contributed by atoms with Crippen molar-refractivity contribution >= 4 is 17.0 Å². The summed E-state index contributed by atoms with van der Waals surface area (Å²) < 4.78 is 3.93. The molecule has 0 spiro atoms. The summed E-state index contributed by atoms with van der Waals surface area (Å²) in [6.45, 7) is 0. The van der Waals surface area contributed by atoms with Crippen LogP contribution >= 0.6 is 11.3 Å². The highest BCUT2D eigenvalue weighted by Crippen LogP contribution is 2.34. The highest BCUT2D eigenvalue weighted by atomic mass is 32.1. The number of aromatic nitrogens is 4. The van der Waals surface area contributed by atoms with Gasteiger partial charge in [0.25, 0.3) is 0 Å². The summed E-state index contributed by atoms with van der Waals surface area (Å²) in [6, 6.07) is 30.7. The monoisotopic (exact) mass is 395 g/mol. The van der Waals surface area contributed by atoms with E-state index in [0.717, 1.165) is 32.2 Å². The molecule has 29 heavy (non-hydrogen) atoms. The zero-order valence-electron chi connectivity index (χ0n) is 15.5. The van der Waals surface area contributed by atoms with E-state index in [1.807, 2.05) is 59.3 Å². The molecule has 0 saturated carbocycles. The zero-order chi connectivity index (χ0) is 19.5. The van der Waals surface area contributed by atoms with Crippen molar-refractivity contribution in [3.63, 3.8) is 0 Å². The van der Waals surface area contributed by atoms with Gasteiger partial charge in [-0.15, -0.1) is 10.2 Å². The lowest BCUT2D eigenvalue weighted by molar-refractivity contribution is 0.643. The van der Waals surface area contributed by atoms with Crippen molar-refractivity contribution < 1.29 is 0 Å². The molecule has 0 aliphatic carbocycles. The first-order valence-corrected chi connectivity index (χ1v) is 10.0. The molecule has 5 aromatic rings. The number of hydrogen-bond donors (Lipinski definition) is 0. The Labute approximate surface area is 171 Å². The van der Waals surface area contributed by atoms with Crippen molar-refractivity contribution in [2.45, 2.75) is 0 Å². The molecule has 0 aliphatic rings. The highest BCUT2D eigenvalue weighted by Gasteiger charge is 2.18. The SMILES string of the molecule is c1ccc(N=c2sc(-c3ccccc3)c(-c3ccccc3)n2-n2cnnc2)cc1. The number of nitrogens with zero attached hydrogens (tertiary/aromatic N) is 5. The minimum absolute atomic E-state index is 0.841. The van der Waals surface area contributed by atoms with Crippen LogP contribution in [0.3, 0.4) is 0 Å². The van der Waals surface area contributed by atoms with Crippen LogP contribution in [-0.2, 0) is 0 Å². The minimum atomic E-state index is 0.841. The summed E-state index contributed by atoms with van der Waals surface area (Å²) in [4.78, 5) is 6.91. The fourth-order valence-electron chi connectivity index (χ4n) is 3.21. The van der Waals surface area contributed by atoms with Crippen molar-refractivity contribution in [1.82, 2.24) is 19.5 Å². The van der Waals surface area contributed by atoms with Crippen LogP contribution in [-0.4, -0.2) is 19.5 Å². The summed E-state index contributed by atoms with van der Waals surface area (Å²) in [7, 11) is 0. The molecular formula is C23H17N5S. The van der Waals surface area contributed by atoms with Gasteiger partial charge in [-0.05, 0) is 17.7 Å². The predicted octanol–water partition coefficient (Wildman–Crippen LogP) is 5.02. The van der Waals surface area contributed by atoms with E-state index < -0.39 is 0 Å². The topological polar surface area (TPSA) is 48.0 Å². The maximum absolute atomic E-state index is 4.93. The molecule has 5 nitrogen and oxygen atoms in total. The third-order valence-corrected chi connectivity index (χ3v) is 5.58. The Morgan fingerprint density at radius 3 is 1.83 bits per heavy atom. The molecule has 140 valence electrons. The smallest absolute Gasteiger partial charge is 0.210 e. The van der Waals surface area contributed by atoms with Gasteiger partial charge in [0, 0.05) is 5.56 Å². The van der Waals surface area contributed by atoms with Crippen LogP contribution in [0.5, 0.6) is 0 Å². The second kappa shape index (κ2) is 7.69. The van der Waals surface area contributed by atoms with E-state index in [-0.39, 0.29) is 0 Å². The molecule has 0 atom stereocenters. The van der Waals surface area contributed by atoms with Crippen molar-refractivity contribution in [3.8, 4) is 21.7 Å². The second-order valence-corrected chi connectivity index (χ2v) is 7.37. The average Bonchev–Trinajstić information content (AvgIpc) is 3.44. The molecule has 0 saturated heterocycles. The Morgan fingerprint density at radius 1 is 0.655 bits per heavy atom. The molecule has 5 rings (SSSR count). The molecule has 0 fully saturated rings. The fourth-order valence-corrected chi connectivity index (χ4v) is 4.37. The van der Waals surface area contributed by atoms with Crippen molar-refractivity contribution in [2.75, 3.05) is 0 Å². The zero-order valence-corrected chi connectivity index (χ0v) is 16.3. The minimum Gasteiger partial charge on any atom is -0.221 e. The molecule has 0 bridgehead atoms. The third kappa shape index (κ3) is 3.41. The van der Waals surface area contributed by atoms with Gasteiger partial charge in [-0.2, -0.15) is 0 Å². The standard InChI is InChI=1S/C23H17N5S/c1-4-10-18(11-5-1)21-22(19-12-6-2-7-13-19)29-23(26-20-14-8-3-9-15-20)28(21)27-16-24-25-17-27/h1-17H. The van der Waals surface area contributed by atoms with E-state index in [0.29, 0.717) is 0 Å². The Kier molecular flexibility index (Phi) is 4.60. The van der Waals surface area contributed by atoms with Crippen LogP contribution in [0.1, 0.15) is 0 Å². The molecule has 0 unspecified atom stereocenters. The molecule has 3 aromatic carbocycles. The van der Waals surface area contributed by atoms with Gasteiger partial charge in [0.15, 0.2) is 0 Å². The first-order valence-electron chi connectivity index (χ1n) is 9.22. The highest BCUT2D eigenvalue weighted by molar-refractivity contribution is 7.13. The van der Waals surface area contributed by atoms with Gasteiger partial charge in [-0.25, -0.2) is 14.3 Å². The van der Waals surface area contributed by atoms with Crippen molar-refractivity contribution in [2.24, 2.45) is 4.99 Å². The maximum Gasteiger partial charge on any atom is 0.210 e. The molecular weight excluding hydrogens is 378 g/mol. The fraction of sp³-hybridized carbons (Fsp3) is 0. The van der Waals surface area contributed by atoms with Gasteiger partial charge in [-0.3, -0.25) is 0 Å². The van der Waals surface area contributed by atoms with Gasteiger partial charge in [0.1, 0.15) is 12.7 Å². The van der Waals surface area contributed by atoms with Crippen LogP contribution in [0, 0.1) is 0 Å². The number of benzene rings is 3. The van der Waals surface area contributed by atoms with Crippen LogP contribution in [0.15, 0.2) is 109 Å². The van der Waals surface area contributed by atoms with Crippen LogP contribution in [0.25, 0.3) is 21.7 Å². The predicted molar refractivity (Wildman–Crippen MR) is 116 cm³/mol. The van der Waals surface area contributed by atoms with E-state index in [4.69, 9.17) is 4.99 Å². The first-order chi connectivity index (χ1) is 14.4. The number of para-hydroxylation sites is 1. The maximum atomic E-state index is 4.93. The molecule has 2 heterocycles.